The number of benzene rings is 2. The van der Waals surface area contributed by atoms with E-state index in [1.165, 1.54) is 6.07 Å². The second-order valence-electron chi connectivity index (χ2n) is 4.42. The molecule has 3 aromatic rings. The molecule has 0 atom stereocenters. The summed E-state index contributed by atoms with van der Waals surface area (Å²) in [7, 11) is 1.76. The van der Waals surface area contributed by atoms with Crippen molar-refractivity contribution in [3.8, 4) is 0 Å². The number of fused-ring (bicyclic) bond motifs is 1. The zero-order valence-electron chi connectivity index (χ0n) is 10.6. The Balaban J connectivity index is 2.21. The largest absolute Gasteiger partial charge is 0.287 e. The van der Waals surface area contributed by atoms with Gasteiger partial charge in [0.1, 0.15) is 11.5 Å². The van der Waals surface area contributed by atoms with Gasteiger partial charge < -0.3 is 0 Å². The number of hydrogen-bond acceptors (Lipinski definition) is 2. The first-order valence-electron chi connectivity index (χ1n) is 6.00. The van der Waals surface area contributed by atoms with Gasteiger partial charge in [0.15, 0.2) is 0 Å². The molecule has 2 aromatic carbocycles. The first-order chi connectivity index (χ1) is 9.59. The van der Waals surface area contributed by atoms with E-state index in [0.717, 1.165) is 10.9 Å². The fourth-order valence-corrected chi connectivity index (χ4v) is 2.55. The van der Waals surface area contributed by atoms with Crippen LogP contribution in [-0.4, -0.2) is 15.6 Å². The highest BCUT2D eigenvalue weighted by Crippen LogP contribution is 2.24. The van der Waals surface area contributed by atoms with Crippen LogP contribution < -0.4 is 0 Å². The third-order valence-corrected chi connectivity index (χ3v) is 3.78. The molecule has 100 valence electrons. The molecule has 0 fully saturated rings. The maximum Gasteiger partial charge on any atom is 0.216 e. The SMILES string of the molecule is Cn1nc(C(=O)c2cccc(Br)c2F)c2ccccc21. The third-order valence-electron chi connectivity index (χ3n) is 3.17. The molecule has 0 saturated heterocycles. The summed E-state index contributed by atoms with van der Waals surface area (Å²) in [6.45, 7) is 0. The normalized spacial score (nSPS) is 10.9. The van der Waals surface area contributed by atoms with E-state index in [4.69, 9.17) is 0 Å². The van der Waals surface area contributed by atoms with E-state index in [1.807, 2.05) is 24.3 Å². The second-order valence-corrected chi connectivity index (χ2v) is 5.27. The van der Waals surface area contributed by atoms with Crippen LogP contribution in [0.25, 0.3) is 10.9 Å². The van der Waals surface area contributed by atoms with E-state index in [0.29, 0.717) is 0 Å². The summed E-state index contributed by atoms with van der Waals surface area (Å²) in [4.78, 5) is 12.5. The number of halogens is 2. The van der Waals surface area contributed by atoms with Gasteiger partial charge in [-0.3, -0.25) is 9.48 Å². The molecule has 1 aromatic heterocycles. The molecule has 0 aliphatic heterocycles. The minimum Gasteiger partial charge on any atom is -0.287 e. The quantitative estimate of drug-likeness (QED) is 0.670. The van der Waals surface area contributed by atoms with Crippen LogP contribution in [0.15, 0.2) is 46.9 Å². The predicted octanol–water partition coefficient (Wildman–Crippen LogP) is 3.71. The predicted molar refractivity (Wildman–Crippen MR) is 78.2 cm³/mol. The van der Waals surface area contributed by atoms with Crippen molar-refractivity contribution in [1.29, 1.82) is 0 Å². The molecular formula is C15H10BrFN2O. The lowest BCUT2D eigenvalue weighted by atomic mass is 10.0. The standard InChI is InChI=1S/C15H10BrFN2O/c1-19-12-8-3-2-5-9(12)14(18-19)15(20)10-6-4-7-11(16)13(10)17/h2-8H,1H3. The average molecular weight is 333 g/mol. The van der Waals surface area contributed by atoms with Crippen molar-refractivity contribution in [2.24, 2.45) is 7.05 Å². The Morgan fingerprint density at radius 2 is 1.95 bits per heavy atom. The minimum atomic E-state index is -0.563. The van der Waals surface area contributed by atoms with Gasteiger partial charge in [-0.25, -0.2) is 4.39 Å². The molecule has 0 aliphatic carbocycles. The lowest BCUT2D eigenvalue weighted by molar-refractivity contribution is 0.103. The number of carbonyl (C=O) groups is 1. The minimum absolute atomic E-state index is 0.0169. The monoisotopic (exact) mass is 332 g/mol. The topological polar surface area (TPSA) is 34.9 Å². The fourth-order valence-electron chi connectivity index (χ4n) is 2.19. The van der Waals surface area contributed by atoms with Crippen LogP contribution in [0, 0.1) is 5.82 Å². The van der Waals surface area contributed by atoms with Crippen molar-refractivity contribution < 1.29 is 9.18 Å². The van der Waals surface area contributed by atoms with Crippen molar-refractivity contribution in [2.75, 3.05) is 0 Å². The highest BCUT2D eigenvalue weighted by atomic mass is 79.9. The summed E-state index contributed by atoms with van der Waals surface area (Å²) < 4.78 is 15.9. The molecular weight excluding hydrogens is 323 g/mol. The van der Waals surface area contributed by atoms with Gasteiger partial charge in [0.2, 0.25) is 5.78 Å². The van der Waals surface area contributed by atoms with Gasteiger partial charge in [0, 0.05) is 12.4 Å². The summed E-state index contributed by atoms with van der Waals surface area (Å²) in [5.74, 6) is -0.979. The van der Waals surface area contributed by atoms with E-state index in [-0.39, 0.29) is 15.7 Å². The Morgan fingerprint density at radius 1 is 1.20 bits per heavy atom. The van der Waals surface area contributed by atoms with Crippen LogP contribution in [0.3, 0.4) is 0 Å². The third kappa shape index (κ3) is 1.94. The van der Waals surface area contributed by atoms with E-state index >= 15 is 0 Å². The highest BCUT2D eigenvalue weighted by Gasteiger charge is 2.21. The molecule has 0 unspecified atom stereocenters. The first kappa shape index (κ1) is 13.0. The average Bonchev–Trinajstić information content (AvgIpc) is 2.79. The molecule has 5 heteroatoms. The summed E-state index contributed by atoms with van der Waals surface area (Å²) >= 11 is 3.09. The number of carbonyl (C=O) groups excluding carboxylic acids is 1. The number of aryl methyl sites for hydroxylation is 1. The van der Waals surface area contributed by atoms with Gasteiger partial charge in [-0.1, -0.05) is 24.3 Å². The van der Waals surface area contributed by atoms with Crippen molar-refractivity contribution >= 4 is 32.6 Å². The molecule has 1 heterocycles. The second kappa shape index (κ2) is 4.83. The van der Waals surface area contributed by atoms with Crippen molar-refractivity contribution in [3.63, 3.8) is 0 Å². The molecule has 3 nitrogen and oxygen atoms in total. The van der Waals surface area contributed by atoms with Gasteiger partial charge in [0.05, 0.1) is 15.6 Å². The van der Waals surface area contributed by atoms with E-state index in [9.17, 15) is 9.18 Å². The molecule has 0 bridgehead atoms. The molecule has 0 amide bonds. The van der Waals surface area contributed by atoms with Crippen LogP contribution >= 0.6 is 15.9 Å². The Kier molecular flexibility index (Phi) is 3.14. The van der Waals surface area contributed by atoms with E-state index in [1.54, 1.807) is 23.9 Å². The van der Waals surface area contributed by atoms with Crippen LogP contribution in [0.4, 0.5) is 4.39 Å². The number of nitrogens with zero attached hydrogens (tertiary/aromatic N) is 2. The number of hydrogen-bond donors (Lipinski definition) is 0. The highest BCUT2D eigenvalue weighted by molar-refractivity contribution is 9.10. The van der Waals surface area contributed by atoms with Gasteiger partial charge in [-0.15, -0.1) is 0 Å². The van der Waals surface area contributed by atoms with Gasteiger partial charge >= 0.3 is 0 Å². The van der Waals surface area contributed by atoms with Crippen LogP contribution in [0.1, 0.15) is 16.1 Å². The molecule has 3 rings (SSSR count). The lowest BCUT2D eigenvalue weighted by Crippen LogP contribution is -2.06. The number of aromatic nitrogens is 2. The number of ketones is 1. The molecule has 0 saturated carbocycles. The molecule has 20 heavy (non-hydrogen) atoms. The zero-order valence-corrected chi connectivity index (χ0v) is 12.2. The molecule has 0 radical (unpaired) electrons. The number of para-hydroxylation sites is 1. The Hall–Kier alpha value is -2.01. The Labute approximate surface area is 123 Å². The smallest absolute Gasteiger partial charge is 0.216 e. The van der Waals surface area contributed by atoms with Gasteiger partial charge in [-0.2, -0.15) is 5.10 Å². The van der Waals surface area contributed by atoms with E-state index in [2.05, 4.69) is 21.0 Å². The van der Waals surface area contributed by atoms with Crippen molar-refractivity contribution in [2.45, 2.75) is 0 Å². The maximum atomic E-state index is 14.0. The number of rotatable bonds is 2. The summed E-state index contributed by atoms with van der Waals surface area (Å²) in [6, 6.07) is 12.0. The lowest BCUT2D eigenvalue weighted by Gasteiger charge is -2.02. The maximum absolute atomic E-state index is 14.0. The Morgan fingerprint density at radius 3 is 2.75 bits per heavy atom. The molecule has 0 N–H and O–H groups in total. The van der Waals surface area contributed by atoms with Crippen LogP contribution in [0.5, 0.6) is 0 Å². The molecule has 0 aliphatic rings. The summed E-state index contributed by atoms with van der Waals surface area (Å²) in [6.07, 6.45) is 0. The molecule has 0 spiro atoms. The summed E-state index contributed by atoms with van der Waals surface area (Å²) in [5, 5.41) is 4.94. The first-order valence-corrected chi connectivity index (χ1v) is 6.79. The van der Waals surface area contributed by atoms with E-state index < -0.39 is 11.6 Å². The van der Waals surface area contributed by atoms with Crippen molar-refractivity contribution in [3.05, 3.63) is 64.0 Å². The van der Waals surface area contributed by atoms with Crippen molar-refractivity contribution in [1.82, 2.24) is 9.78 Å². The van der Waals surface area contributed by atoms with Crippen LogP contribution in [0.2, 0.25) is 0 Å². The fraction of sp³-hybridized carbons (Fsp3) is 0.0667. The van der Waals surface area contributed by atoms with Gasteiger partial charge in [0.25, 0.3) is 0 Å². The zero-order chi connectivity index (χ0) is 14.3. The Bertz CT molecular complexity index is 826. The van der Waals surface area contributed by atoms with Crippen LogP contribution in [-0.2, 0) is 7.05 Å². The summed E-state index contributed by atoms with van der Waals surface area (Å²) in [5.41, 5.74) is 1.12. The van der Waals surface area contributed by atoms with Gasteiger partial charge in [-0.05, 0) is 34.1 Å².